The number of amides is 1. The van der Waals surface area contributed by atoms with Crippen molar-refractivity contribution in [3.63, 3.8) is 0 Å². The standard InChI is InChI=1S/C15H23N3O3/c1-12(17-6-8-20-9-7-17)2-3-15(19)18-5-4-14-13(10-18)11-21-16-14/h11-12H,2-10H2,1H3. The van der Waals surface area contributed by atoms with Gasteiger partial charge in [-0.15, -0.1) is 0 Å². The molecule has 0 radical (unpaired) electrons. The van der Waals surface area contributed by atoms with E-state index in [1.807, 2.05) is 4.90 Å². The maximum absolute atomic E-state index is 12.3. The predicted molar refractivity (Wildman–Crippen MR) is 76.7 cm³/mol. The first-order valence-electron chi connectivity index (χ1n) is 7.76. The highest BCUT2D eigenvalue weighted by molar-refractivity contribution is 5.76. The van der Waals surface area contributed by atoms with E-state index in [2.05, 4.69) is 17.0 Å². The van der Waals surface area contributed by atoms with Crippen LogP contribution in [0.5, 0.6) is 0 Å². The largest absolute Gasteiger partial charge is 0.379 e. The normalized spacial score (nSPS) is 21.1. The van der Waals surface area contributed by atoms with Gasteiger partial charge in [0.1, 0.15) is 6.26 Å². The molecule has 0 N–H and O–H groups in total. The van der Waals surface area contributed by atoms with Gasteiger partial charge in [0.05, 0.1) is 25.5 Å². The van der Waals surface area contributed by atoms with E-state index in [0.717, 1.165) is 56.9 Å². The molecule has 21 heavy (non-hydrogen) atoms. The minimum atomic E-state index is 0.238. The van der Waals surface area contributed by atoms with Crippen molar-refractivity contribution in [3.05, 3.63) is 17.5 Å². The van der Waals surface area contributed by atoms with Gasteiger partial charge in [0.15, 0.2) is 0 Å². The van der Waals surface area contributed by atoms with E-state index in [9.17, 15) is 4.79 Å². The number of morpholine rings is 1. The van der Waals surface area contributed by atoms with Gasteiger partial charge in [-0.1, -0.05) is 5.16 Å². The van der Waals surface area contributed by atoms with E-state index in [1.165, 1.54) is 0 Å². The van der Waals surface area contributed by atoms with Gasteiger partial charge in [-0.25, -0.2) is 0 Å². The molecule has 1 saturated heterocycles. The van der Waals surface area contributed by atoms with Crippen LogP contribution < -0.4 is 0 Å². The van der Waals surface area contributed by atoms with Crippen LogP contribution in [0.15, 0.2) is 10.8 Å². The van der Waals surface area contributed by atoms with E-state index in [1.54, 1.807) is 6.26 Å². The van der Waals surface area contributed by atoms with Crippen molar-refractivity contribution in [3.8, 4) is 0 Å². The van der Waals surface area contributed by atoms with Crippen LogP contribution in [-0.4, -0.2) is 59.8 Å². The highest BCUT2D eigenvalue weighted by Gasteiger charge is 2.24. The van der Waals surface area contributed by atoms with Gasteiger partial charge < -0.3 is 14.2 Å². The summed E-state index contributed by atoms with van der Waals surface area (Å²) >= 11 is 0. The van der Waals surface area contributed by atoms with E-state index < -0.39 is 0 Å². The van der Waals surface area contributed by atoms with Crippen molar-refractivity contribution in [1.82, 2.24) is 15.0 Å². The Bertz CT molecular complexity index is 482. The fourth-order valence-corrected chi connectivity index (χ4v) is 3.04. The summed E-state index contributed by atoms with van der Waals surface area (Å²) in [6.45, 7) is 7.16. The molecule has 1 amide bonds. The minimum absolute atomic E-state index is 0.238. The maximum Gasteiger partial charge on any atom is 0.222 e. The van der Waals surface area contributed by atoms with E-state index in [4.69, 9.17) is 9.26 Å². The molecule has 1 aromatic heterocycles. The molecule has 1 fully saturated rings. The molecule has 1 aromatic rings. The number of carbonyl (C=O) groups is 1. The minimum Gasteiger partial charge on any atom is -0.379 e. The average molecular weight is 293 g/mol. The van der Waals surface area contributed by atoms with Crippen molar-refractivity contribution in [1.29, 1.82) is 0 Å². The smallest absolute Gasteiger partial charge is 0.222 e. The summed E-state index contributed by atoms with van der Waals surface area (Å²) in [7, 11) is 0. The van der Waals surface area contributed by atoms with Crippen LogP contribution in [0, 0.1) is 0 Å². The number of carbonyl (C=O) groups excluding carboxylic acids is 1. The van der Waals surface area contributed by atoms with Gasteiger partial charge in [-0.3, -0.25) is 9.69 Å². The lowest BCUT2D eigenvalue weighted by Gasteiger charge is -2.33. The number of hydrogen-bond acceptors (Lipinski definition) is 5. The van der Waals surface area contributed by atoms with Gasteiger partial charge in [0.2, 0.25) is 5.91 Å². The average Bonchev–Trinajstić information content (AvgIpc) is 3.00. The zero-order chi connectivity index (χ0) is 14.7. The fourth-order valence-electron chi connectivity index (χ4n) is 3.04. The summed E-state index contributed by atoms with van der Waals surface area (Å²) in [4.78, 5) is 16.7. The Hall–Kier alpha value is -1.40. The quantitative estimate of drug-likeness (QED) is 0.831. The SMILES string of the molecule is CC(CCC(=O)N1CCc2nocc2C1)N1CCOCC1. The Morgan fingerprint density at radius 2 is 2.19 bits per heavy atom. The second-order valence-electron chi connectivity index (χ2n) is 5.89. The van der Waals surface area contributed by atoms with Crippen molar-refractivity contribution in [2.24, 2.45) is 0 Å². The highest BCUT2D eigenvalue weighted by atomic mass is 16.5. The van der Waals surface area contributed by atoms with Gasteiger partial charge in [0, 0.05) is 44.1 Å². The van der Waals surface area contributed by atoms with Crippen LogP contribution in [0.2, 0.25) is 0 Å². The van der Waals surface area contributed by atoms with Gasteiger partial charge in [-0.05, 0) is 13.3 Å². The van der Waals surface area contributed by atoms with Gasteiger partial charge in [-0.2, -0.15) is 0 Å². The van der Waals surface area contributed by atoms with Crippen LogP contribution in [0.3, 0.4) is 0 Å². The first-order valence-corrected chi connectivity index (χ1v) is 7.76. The van der Waals surface area contributed by atoms with E-state index >= 15 is 0 Å². The lowest BCUT2D eigenvalue weighted by Crippen LogP contribution is -2.43. The molecule has 3 rings (SSSR count). The molecule has 6 heteroatoms. The monoisotopic (exact) mass is 293 g/mol. The van der Waals surface area contributed by atoms with Crippen LogP contribution in [0.4, 0.5) is 0 Å². The summed E-state index contributed by atoms with van der Waals surface area (Å²) in [5.41, 5.74) is 2.05. The van der Waals surface area contributed by atoms with E-state index in [-0.39, 0.29) is 5.91 Å². The van der Waals surface area contributed by atoms with Crippen molar-refractivity contribution < 1.29 is 14.1 Å². The first kappa shape index (κ1) is 14.5. The molecule has 1 atom stereocenters. The van der Waals surface area contributed by atoms with Crippen molar-refractivity contribution in [2.45, 2.75) is 38.8 Å². The number of rotatable bonds is 4. The summed E-state index contributed by atoms with van der Waals surface area (Å²) in [5.74, 6) is 0.238. The molecule has 1 unspecified atom stereocenters. The number of aromatic nitrogens is 1. The Kier molecular flexibility index (Phi) is 4.55. The molecule has 2 aliphatic rings. The molecule has 3 heterocycles. The molecule has 116 valence electrons. The zero-order valence-electron chi connectivity index (χ0n) is 12.6. The summed E-state index contributed by atoms with van der Waals surface area (Å²) < 4.78 is 10.3. The Morgan fingerprint density at radius 1 is 1.38 bits per heavy atom. The zero-order valence-corrected chi connectivity index (χ0v) is 12.6. The Morgan fingerprint density at radius 3 is 3.00 bits per heavy atom. The number of hydrogen-bond donors (Lipinski definition) is 0. The summed E-state index contributed by atoms with van der Waals surface area (Å²) in [6.07, 6.45) is 3.98. The van der Waals surface area contributed by atoms with E-state index in [0.29, 0.717) is 19.0 Å². The van der Waals surface area contributed by atoms with Crippen LogP contribution in [0.1, 0.15) is 31.0 Å². The molecular weight excluding hydrogens is 270 g/mol. The third kappa shape index (κ3) is 3.44. The third-order valence-electron chi connectivity index (χ3n) is 4.51. The predicted octanol–water partition coefficient (Wildman–Crippen LogP) is 1.06. The van der Waals surface area contributed by atoms with Crippen LogP contribution in [-0.2, 0) is 22.5 Å². The molecule has 2 aliphatic heterocycles. The summed E-state index contributed by atoms with van der Waals surface area (Å²) in [6, 6.07) is 0.439. The molecule has 0 bridgehead atoms. The molecular formula is C15H23N3O3. The Labute approximate surface area is 125 Å². The van der Waals surface area contributed by atoms with Crippen molar-refractivity contribution in [2.75, 3.05) is 32.8 Å². The highest BCUT2D eigenvalue weighted by Crippen LogP contribution is 2.19. The number of ether oxygens (including phenoxy) is 1. The second-order valence-corrected chi connectivity index (χ2v) is 5.89. The topological polar surface area (TPSA) is 58.8 Å². The summed E-state index contributed by atoms with van der Waals surface area (Å²) in [5, 5.41) is 3.95. The van der Waals surface area contributed by atoms with Gasteiger partial charge in [0.25, 0.3) is 0 Å². The third-order valence-corrected chi connectivity index (χ3v) is 4.51. The molecule has 0 aromatic carbocycles. The maximum atomic E-state index is 12.3. The lowest BCUT2D eigenvalue weighted by molar-refractivity contribution is -0.132. The first-order chi connectivity index (χ1) is 10.2. The number of nitrogens with zero attached hydrogens (tertiary/aromatic N) is 3. The molecule has 0 saturated carbocycles. The van der Waals surface area contributed by atoms with Gasteiger partial charge >= 0.3 is 0 Å². The number of fused-ring (bicyclic) bond motifs is 1. The van der Waals surface area contributed by atoms with Crippen LogP contribution >= 0.6 is 0 Å². The fraction of sp³-hybridized carbons (Fsp3) is 0.733. The molecule has 0 aliphatic carbocycles. The Balaban J connectivity index is 1.46. The molecule has 6 nitrogen and oxygen atoms in total. The lowest BCUT2D eigenvalue weighted by atomic mass is 10.1. The second kappa shape index (κ2) is 6.58. The molecule has 0 spiro atoms. The van der Waals surface area contributed by atoms with Crippen molar-refractivity contribution >= 4 is 5.91 Å². The van der Waals surface area contributed by atoms with Crippen LogP contribution in [0.25, 0.3) is 0 Å².